The molecule has 1 aliphatic rings. The van der Waals surface area contributed by atoms with Gasteiger partial charge in [0.15, 0.2) is 0 Å². The number of carbonyl (C=O) groups is 1. The van der Waals surface area contributed by atoms with E-state index < -0.39 is 17.6 Å². The highest BCUT2D eigenvalue weighted by molar-refractivity contribution is 5.97. The Bertz CT molecular complexity index is 930. The third-order valence-electron chi connectivity index (χ3n) is 4.94. The molecule has 1 aromatic carbocycles. The summed E-state index contributed by atoms with van der Waals surface area (Å²) in [5.74, 6) is -2.42. The summed E-state index contributed by atoms with van der Waals surface area (Å²) >= 11 is 0. The highest BCUT2D eigenvalue weighted by atomic mass is 19.1. The number of carbonyl (C=O) groups excluding carboxylic acids is 1. The molecule has 5 nitrogen and oxygen atoms in total. The fourth-order valence-electron chi connectivity index (χ4n) is 3.55. The fourth-order valence-corrected chi connectivity index (χ4v) is 3.55. The normalized spacial score (nSPS) is 17.1. The number of amides is 1. The molecule has 1 atom stereocenters. The molecule has 0 spiro atoms. The van der Waals surface area contributed by atoms with Gasteiger partial charge in [-0.2, -0.15) is 0 Å². The molecule has 0 saturated carbocycles. The average Bonchev–Trinajstić information content (AvgIpc) is 2.95. The van der Waals surface area contributed by atoms with Crippen molar-refractivity contribution in [3.8, 4) is 5.75 Å². The minimum Gasteiger partial charge on any atom is -0.497 e. The summed E-state index contributed by atoms with van der Waals surface area (Å²) in [6.07, 6.45) is 1.63. The number of anilines is 1. The van der Waals surface area contributed by atoms with E-state index >= 15 is 0 Å². The topological polar surface area (TPSA) is 51.5 Å². The van der Waals surface area contributed by atoms with E-state index in [4.69, 9.17) is 4.74 Å². The van der Waals surface area contributed by atoms with Gasteiger partial charge in [0.25, 0.3) is 5.56 Å². The minimum atomic E-state index is -0.754. The molecule has 3 rings (SSSR count). The zero-order valence-electron chi connectivity index (χ0n) is 15.8. The summed E-state index contributed by atoms with van der Waals surface area (Å²) in [4.78, 5) is 26.8. The van der Waals surface area contributed by atoms with Crippen LogP contribution in [0.2, 0.25) is 0 Å². The first-order valence-electron chi connectivity index (χ1n) is 8.79. The zero-order valence-corrected chi connectivity index (χ0v) is 15.8. The SMILES string of the molecule is COc1cc(F)c([C@H]2CC(=O)N(c3c(C)ccn(C(C)C)c3=O)C2)c(F)c1. The molecular weight excluding hydrogens is 354 g/mol. The summed E-state index contributed by atoms with van der Waals surface area (Å²) in [7, 11) is 1.33. The van der Waals surface area contributed by atoms with Gasteiger partial charge in [-0.3, -0.25) is 9.59 Å². The van der Waals surface area contributed by atoms with Crippen molar-refractivity contribution in [1.29, 1.82) is 0 Å². The molecule has 1 amide bonds. The number of methoxy groups -OCH3 is 1. The maximum absolute atomic E-state index is 14.4. The lowest BCUT2D eigenvalue weighted by Crippen LogP contribution is -2.34. The number of aromatic nitrogens is 1. The number of benzene rings is 1. The van der Waals surface area contributed by atoms with Gasteiger partial charge in [-0.25, -0.2) is 8.78 Å². The van der Waals surface area contributed by atoms with E-state index in [1.165, 1.54) is 16.6 Å². The number of aryl methyl sites for hydroxylation is 1. The number of hydrogen-bond donors (Lipinski definition) is 0. The lowest BCUT2D eigenvalue weighted by molar-refractivity contribution is -0.117. The van der Waals surface area contributed by atoms with Gasteiger partial charge in [0.2, 0.25) is 5.91 Å². The van der Waals surface area contributed by atoms with Crippen LogP contribution >= 0.6 is 0 Å². The number of ether oxygens (including phenoxy) is 1. The molecule has 1 fully saturated rings. The molecule has 2 aromatic rings. The molecule has 0 unspecified atom stereocenters. The van der Waals surface area contributed by atoms with Gasteiger partial charge < -0.3 is 14.2 Å². The molecule has 27 heavy (non-hydrogen) atoms. The van der Waals surface area contributed by atoms with Gasteiger partial charge in [0.05, 0.1) is 7.11 Å². The number of rotatable bonds is 4. The van der Waals surface area contributed by atoms with E-state index in [0.29, 0.717) is 5.56 Å². The van der Waals surface area contributed by atoms with Crippen LogP contribution in [0, 0.1) is 18.6 Å². The van der Waals surface area contributed by atoms with E-state index in [2.05, 4.69) is 0 Å². The van der Waals surface area contributed by atoms with Gasteiger partial charge in [-0.15, -0.1) is 0 Å². The molecule has 0 aliphatic carbocycles. The van der Waals surface area contributed by atoms with Crippen LogP contribution in [0.3, 0.4) is 0 Å². The predicted octanol–water partition coefficient (Wildman–Crippen LogP) is 3.54. The Morgan fingerprint density at radius 3 is 2.37 bits per heavy atom. The number of nitrogens with zero attached hydrogens (tertiary/aromatic N) is 2. The minimum absolute atomic E-state index is 0.0528. The Hall–Kier alpha value is -2.70. The van der Waals surface area contributed by atoms with E-state index in [9.17, 15) is 18.4 Å². The molecule has 1 aliphatic heterocycles. The monoisotopic (exact) mass is 376 g/mol. The Morgan fingerprint density at radius 1 is 1.19 bits per heavy atom. The van der Waals surface area contributed by atoms with Crippen molar-refractivity contribution in [2.45, 2.75) is 39.2 Å². The smallest absolute Gasteiger partial charge is 0.275 e. The number of halogens is 2. The first kappa shape index (κ1) is 19.1. The molecule has 7 heteroatoms. The van der Waals surface area contributed by atoms with Crippen LogP contribution in [-0.4, -0.2) is 24.1 Å². The highest BCUT2D eigenvalue weighted by Gasteiger charge is 2.37. The van der Waals surface area contributed by atoms with Crippen molar-refractivity contribution in [3.05, 3.63) is 57.5 Å². The maximum Gasteiger partial charge on any atom is 0.275 e. The lowest BCUT2D eigenvalue weighted by atomic mass is 9.97. The first-order chi connectivity index (χ1) is 12.7. The molecular formula is C20H22F2N2O3. The van der Waals surface area contributed by atoms with E-state index in [0.717, 1.165) is 12.1 Å². The zero-order chi connectivity index (χ0) is 19.9. The van der Waals surface area contributed by atoms with E-state index in [1.54, 1.807) is 19.2 Å². The molecule has 144 valence electrons. The van der Waals surface area contributed by atoms with Crippen molar-refractivity contribution in [1.82, 2.24) is 4.57 Å². The second kappa shape index (κ2) is 7.13. The third-order valence-corrected chi connectivity index (χ3v) is 4.94. The quantitative estimate of drug-likeness (QED) is 0.820. The summed E-state index contributed by atoms with van der Waals surface area (Å²) in [5, 5.41) is 0. The van der Waals surface area contributed by atoms with Gasteiger partial charge in [0.1, 0.15) is 23.1 Å². The van der Waals surface area contributed by atoms with Crippen LogP contribution in [0.5, 0.6) is 5.75 Å². The van der Waals surface area contributed by atoms with Crippen LogP contribution < -0.4 is 15.2 Å². The average molecular weight is 376 g/mol. The van der Waals surface area contributed by atoms with E-state index in [-0.39, 0.29) is 47.5 Å². The van der Waals surface area contributed by atoms with Crippen LogP contribution in [0.4, 0.5) is 14.5 Å². The second-order valence-corrected chi connectivity index (χ2v) is 7.06. The molecule has 0 bridgehead atoms. The predicted molar refractivity (Wildman–Crippen MR) is 98.4 cm³/mol. The van der Waals surface area contributed by atoms with Crippen molar-refractivity contribution >= 4 is 11.6 Å². The van der Waals surface area contributed by atoms with Crippen LogP contribution in [0.25, 0.3) is 0 Å². The summed E-state index contributed by atoms with van der Waals surface area (Å²) in [6.45, 7) is 5.54. The van der Waals surface area contributed by atoms with Gasteiger partial charge in [-0.1, -0.05) is 0 Å². The maximum atomic E-state index is 14.4. The lowest BCUT2D eigenvalue weighted by Gasteiger charge is -2.21. The molecule has 1 saturated heterocycles. The molecule has 2 heterocycles. The Morgan fingerprint density at radius 2 is 1.81 bits per heavy atom. The highest BCUT2D eigenvalue weighted by Crippen LogP contribution is 2.35. The second-order valence-electron chi connectivity index (χ2n) is 7.06. The summed E-state index contributed by atoms with van der Waals surface area (Å²) < 4.78 is 35.2. The Labute approximate surface area is 156 Å². The third kappa shape index (κ3) is 3.34. The molecule has 1 aromatic heterocycles. The Balaban J connectivity index is 2.01. The fraction of sp³-hybridized carbons (Fsp3) is 0.400. The van der Waals surface area contributed by atoms with Crippen molar-refractivity contribution < 1.29 is 18.3 Å². The number of pyridine rings is 1. The first-order valence-corrected chi connectivity index (χ1v) is 8.79. The largest absolute Gasteiger partial charge is 0.497 e. The van der Waals surface area contributed by atoms with Gasteiger partial charge in [-0.05, 0) is 32.4 Å². The van der Waals surface area contributed by atoms with Gasteiger partial charge in [0, 0.05) is 48.8 Å². The molecule has 0 radical (unpaired) electrons. The van der Waals surface area contributed by atoms with Crippen molar-refractivity contribution in [2.24, 2.45) is 0 Å². The van der Waals surface area contributed by atoms with Crippen LogP contribution in [0.1, 0.15) is 43.4 Å². The van der Waals surface area contributed by atoms with Gasteiger partial charge >= 0.3 is 0 Å². The summed E-state index contributed by atoms with van der Waals surface area (Å²) in [5.41, 5.74) is 0.494. The number of hydrogen-bond acceptors (Lipinski definition) is 3. The van der Waals surface area contributed by atoms with Crippen LogP contribution in [0.15, 0.2) is 29.2 Å². The standard InChI is InChI=1S/C20H22F2N2O3/c1-11(2)23-6-5-12(3)19(20(23)26)24-10-13(7-17(24)25)18-15(21)8-14(27-4)9-16(18)22/h5-6,8-9,11,13H,7,10H2,1-4H3/t13-/m0/s1. The Kier molecular flexibility index (Phi) is 5.04. The van der Waals surface area contributed by atoms with E-state index in [1.807, 2.05) is 13.8 Å². The van der Waals surface area contributed by atoms with Crippen molar-refractivity contribution in [2.75, 3.05) is 18.6 Å². The summed E-state index contributed by atoms with van der Waals surface area (Å²) in [6, 6.07) is 3.91. The van der Waals surface area contributed by atoms with Crippen molar-refractivity contribution in [3.63, 3.8) is 0 Å². The molecule has 0 N–H and O–H groups in total. The van der Waals surface area contributed by atoms with Crippen LogP contribution in [-0.2, 0) is 4.79 Å².